The molecule has 0 atom stereocenters. The van der Waals surface area contributed by atoms with Crippen LogP contribution in [0, 0.1) is 0 Å². The molecule has 106 valence electrons. The van der Waals surface area contributed by atoms with Crippen molar-refractivity contribution in [3.05, 3.63) is 48.4 Å². The second kappa shape index (κ2) is 5.70. The molecule has 0 bridgehead atoms. The molecule has 3 aromatic heterocycles. The first-order chi connectivity index (χ1) is 10.3. The van der Waals surface area contributed by atoms with Gasteiger partial charge >= 0.3 is 0 Å². The number of fused-ring (bicyclic) bond motifs is 1. The van der Waals surface area contributed by atoms with E-state index in [-0.39, 0.29) is 5.91 Å². The van der Waals surface area contributed by atoms with Gasteiger partial charge in [-0.2, -0.15) is 0 Å². The standard InChI is InChI=1S/C15H15N5O/c1-2-9-20-13-12(6-4-8-17-13)18-15(20)19-14(21)11-5-3-7-16-10-11/h3-8,10H,2,9H2,1H3,(H,18,19,21). The largest absolute Gasteiger partial charge is 0.295 e. The Bertz CT molecular complexity index is 766. The van der Waals surface area contributed by atoms with Crippen LogP contribution in [0.3, 0.4) is 0 Å². The summed E-state index contributed by atoms with van der Waals surface area (Å²) < 4.78 is 1.92. The number of anilines is 1. The predicted octanol–water partition coefficient (Wildman–Crippen LogP) is 2.49. The summed E-state index contributed by atoms with van der Waals surface area (Å²) in [6.45, 7) is 2.82. The van der Waals surface area contributed by atoms with Gasteiger partial charge in [-0.15, -0.1) is 0 Å². The van der Waals surface area contributed by atoms with Gasteiger partial charge in [0.25, 0.3) is 5.91 Å². The van der Waals surface area contributed by atoms with E-state index < -0.39 is 0 Å². The molecular weight excluding hydrogens is 266 g/mol. The molecule has 0 aliphatic rings. The van der Waals surface area contributed by atoms with E-state index in [0.717, 1.165) is 24.1 Å². The van der Waals surface area contributed by atoms with Crippen molar-refractivity contribution < 1.29 is 4.79 Å². The summed E-state index contributed by atoms with van der Waals surface area (Å²) in [5.74, 6) is 0.287. The summed E-state index contributed by atoms with van der Waals surface area (Å²) >= 11 is 0. The van der Waals surface area contributed by atoms with E-state index in [9.17, 15) is 4.79 Å². The number of hydrogen-bond acceptors (Lipinski definition) is 4. The number of carbonyl (C=O) groups is 1. The van der Waals surface area contributed by atoms with Gasteiger partial charge in [-0.05, 0) is 30.7 Å². The minimum absolute atomic E-state index is 0.226. The number of carbonyl (C=O) groups excluding carboxylic acids is 1. The predicted molar refractivity (Wildman–Crippen MR) is 80.0 cm³/mol. The highest BCUT2D eigenvalue weighted by atomic mass is 16.1. The number of aromatic nitrogens is 4. The normalized spacial score (nSPS) is 10.7. The first kappa shape index (κ1) is 13.2. The smallest absolute Gasteiger partial charge is 0.259 e. The summed E-state index contributed by atoms with van der Waals surface area (Å²) in [4.78, 5) is 25.0. The highest BCUT2D eigenvalue weighted by Crippen LogP contribution is 2.18. The van der Waals surface area contributed by atoms with Gasteiger partial charge < -0.3 is 0 Å². The van der Waals surface area contributed by atoms with Crippen molar-refractivity contribution in [1.82, 2.24) is 19.5 Å². The zero-order chi connectivity index (χ0) is 14.7. The number of pyridine rings is 2. The lowest BCUT2D eigenvalue weighted by Crippen LogP contribution is -2.16. The van der Waals surface area contributed by atoms with E-state index in [1.165, 1.54) is 6.20 Å². The molecule has 3 aromatic rings. The van der Waals surface area contributed by atoms with Crippen LogP contribution in [0.2, 0.25) is 0 Å². The molecule has 0 aliphatic carbocycles. The second-order valence-electron chi connectivity index (χ2n) is 4.63. The molecule has 21 heavy (non-hydrogen) atoms. The maximum Gasteiger partial charge on any atom is 0.259 e. The number of nitrogens with one attached hydrogen (secondary N) is 1. The van der Waals surface area contributed by atoms with Crippen LogP contribution in [-0.2, 0) is 6.54 Å². The van der Waals surface area contributed by atoms with Gasteiger partial charge in [0.2, 0.25) is 5.95 Å². The van der Waals surface area contributed by atoms with E-state index in [2.05, 4.69) is 27.2 Å². The van der Waals surface area contributed by atoms with Crippen molar-refractivity contribution >= 4 is 23.0 Å². The first-order valence-electron chi connectivity index (χ1n) is 6.82. The van der Waals surface area contributed by atoms with Gasteiger partial charge in [0.05, 0.1) is 5.56 Å². The fraction of sp³-hybridized carbons (Fsp3) is 0.200. The average Bonchev–Trinajstić information content (AvgIpc) is 2.86. The maximum atomic E-state index is 12.2. The van der Waals surface area contributed by atoms with Crippen LogP contribution >= 0.6 is 0 Å². The fourth-order valence-electron chi connectivity index (χ4n) is 2.16. The van der Waals surface area contributed by atoms with Crippen LogP contribution in [-0.4, -0.2) is 25.4 Å². The third kappa shape index (κ3) is 2.60. The minimum atomic E-state index is -0.226. The van der Waals surface area contributed by atoms with Gasteiger partial charge in [0.15, 0.2) is 5.65 Å². The highest BCUT2D eigenvalue weighted by Gasteiger charge is 2.14. The highest BCUT2D eigenvalue weighted by molar-refractivity contribution is 6.03. The number of aryl methyl sites for hydroxylation is 1. The van der Waals surface area contributed by atoms with E-state index in [1.807, 2.05) is 16.7 Å². The maximum absolute atomic E-state index is 12.2. The lowest BCUT2D eigenvalue weighted by molar-refractivity contribution is 0.102. The molecule has 0 aliphatic heterocycles. The number of nitrogens with zero attached hydrogens (tertiary/aromatic N) is 4. The minimum Gasteiger partial charge on any atom is -0.295 e. The van der Waals surface area contributed by atoms with Gasteiger partial charge in [0, 0.05) is 25.1 Å². The molecule has 1 amide bonds. The summed E-state index contributed by atoms with van der Waals surface area (Å²) in [6, 6.07) is 7.16. The third-order valence-corrected chi connectivity index (χ3v) is 3.10. The Hall–Kier alpha value is -2.76. The van der Waals surface area contributed by atoms with Crippen molar-refractivity contribution in [2.24, 2.45) is 0 Å². The molecule has 0 unspecified atom stereocenters. The average molecular weight is 281 g/mol. The van der Waals surface area contributed by atoms with E-state index in [4.69, 9.17) is 0 Å². The molecule has 6 nitrogen and oxygen atoms in total. The molecule has 0 radical (unpaired) electrons. The molecule has 6 heteroatoms. The first-order valence-corrected chi connectivity index (χ1v) is 6.82. The van der Waals surface area contributed by atoms with Crippen LogP contribution in [0.1, 0.15) is 23.7 Å². The van der Waals surface area contributed by atoms with Gasteiger partial charge in [-0.3, -0.25) is 19.7 Å². The lowest BCUT2D eigenvalue weighted by atomic mass is 10.3. The Balaban J connectivity index is 1.96. The van der Waals surface area contributed by atoms with E-state index in [1.54, 1.807) is 24.5 Å². The molecule has 0 fully saturated rings. The monoisotopic (exact) mass is 281 g/mol. The summed E-state index contributed by atoms with van der Waals surface area (Å²) in [6.07, 6.45) is 5.81. The topological polar surface area (TPSA) is 72.7 Å². The van der Waals surface area contributed by atoms with Crippen LogP contribution in [0.15, 0.2) is 42.9 Å². The van der Waals surface area contributed by atoms with Crippen LogP contribution < -0.4 is 5.32 Å². The van der Waals surface area contributed by atoms with Crippen molar-refractivity contribution in [2.45, 2.75) is 19.9 Å². The Morgan fingerprint density at radius 1 is 1.29 bits per heavy atom. The Morgan fingerprint density at radius 2 is 2.14 bits per heavy atom. The number of amides is 1. The lowest BCUT2D eigenvalue weighted by Gasteiger charge is -2.08. The van der Waals surface area contributed by atoms with Gasteiger partial charge in [-0.25, -0.2) is 9.97 Å². The van der Waals surface area contributed by atoms with Crippen molar-refractivity contribution in [3.8, 4) is 0 Å². The molecule has 3 rings (SSSR count). The Labute approximate surface area is 121 Å². The summed E-state index contributed by atoms with van der Waals surface area (Å²) in [7, 11) is 0. The molecule has 0 spiro atoms. The zero-order valence-corrected chi connectivity index (χ0v) is 11.7. The van der Waals surface area contributed by atoms with E-state index >= 15 is 0 Å². The molecule has 0 saturated heterocycles. The molecule has 1 N–H and O–H groups in total. The number of rotatable bonds is 4. The van der Waals surface area contributed by atoms with E-state index in [0.29, 0.717) is 11.5 Å². The van der Waals surface area contributed by atoms with Crippen molar-refractivity contribution in [1.29, 1.82) is 0 Å². The second-order valence-corrected chi connectivity index (χ2v) is 4.63. The summed E-state index contributed by atoms with van der Waals surface area (Å²) in [5, 5.41) is 2.83. The van der Waals surface area contributed by atoms with Crippen LogP contribution in [0.25, 0.3) is 11.2 Å². The van der Waals surface area contributed by atoms with Gasteiger partial charge in [0.1, 0.15) is 5.52 Å². The SMILES string of the molecule is CCCn1c(NC(=O)c2cccnc2)nc2cccnc21. The van der Waals surface area contributed by atoms with Crippen LogP contribution in [0.5, 0.6) is 0 Å². The number of hydrogen-bond donors (Lipinski definition) is 1. The summed E-state index contributed by atoms with van der Waals surface area (Å²) in [5.41, 5.74) is 2.05. The molecular formula is C15H15N5O. The van der Waals surface area contributed by atoms with Crippen molar-refractivity contribution in [3.63, 3.8) is 0 Å². The quantitative estimate of drug-likeness (QED) is 0.797. The van der Waals surface area contributed by atoms with Gasteiger partial charge in [-0.1, -0.05) is 6.92 Å². The fourth-order valence-corrected chi connectivity index (χ4v) is 2.16. The molecule has 0 saturated carbocycles. The van der Waals surface area contributed by atoms with Crippen LogP contribution in [0.4, 0.5) is 5.95 Å². The Morgan fingerprint density at radius 3 is 2.90 bits per heavy atom. The third-order valence-electron chi connectivity index (χ3n) is 3.10. The van der Waals surface area contributed by atoms with Crippen molar-refractivity contribution in [2.75, 3.05) is 5.32 Å². The number of imidazole rings is 1. The Kier molecular flexibility index (Phi) is 3.59. The zero-order valence-electron chi connectivity index (χ0n) is 11.7. The molecule has 0 aromatic carbocycles. The molecule has 3 heterocycles.